The van der Waals surface area contributed by atoms with Crippen LogP contribution in [0.1, 0.15) is 55.2 Å². The van der Waals surface area contributed by atoms with Crippen molar-refractivity contribution in [2.24, 2.45) is 5.92 Å². The fourth-order valence-electron chi connectivity index (χ4n) is 5.20. The molecule has 0 spiro atoms. The molecule has 0 bridgehead atoms. The molecule has 3 aliphatic heterocycles. The van der Waals surface area contributed by atoms with Crippen molar-refractivity contribution < 1.29 is 17.9 Å². The summed E-state index contributed by atoms with van der Waals surface area (Å²) in [6, 6.07) is 3.62. The van der Waals surface area contributed by atoms with Crippen molar-refractivity contribution in [3.63, 3.8) is 0 Å². The van der Waals surface area contributed by atoms with Gasteiger partial charge in [-0.25, -0.2) is 13.4 Å². The molecule has 5 rings (SSSR count). The first-order valence-corrected chi connectivity index (χ1v) is 13.9. The van der Waals surface area contributed by atoms with Gasteiger partial charge in [0.15, 0.2) is 10.7 Å². The van der Waals surface area contributed by atoms with Crippen molar-refractivity contribution >= 4 is 15.7 Å². The minimum absolute atomic E-state index is 0.0785. The van der Waals surface area contributed by atoms with E-state index in [0.717, 1.165) is 44.6 Å². The standard InChI is InChI=1S/C24H33N5O4S/c1-17(2)7-10-27-9-4-5-18(15-27)29-22-19-6-3-8-25-23(19)34(31,32)16-20(22)21(26-29)24(30)28-11-13-33-14-12-28/h3,6,8,17-18H,4-5,7,9-16H2,1-2H3/t18-/m0/s1. The molecule has 34 heavy (non-hydrogen) atoms. The van der Waals surface area contributed by atoms with Gasteiger partial charge in [0.1, 0.15) is 0 Å². The SMILES string of the molecule is CC(C)CCN1CCC[C@H](n2nc(C(=O)N3CCOCC3)c3c2-c2cccnc2S(=O)(=O)C3)C1. The number of sulfone groups is 1. The number of ether oxygens (including phenoxy) is 1. The summed E-state index contributed by atoms with van der Waals surface area (Å²) in [6.07, 6.45) is 4.63. The summed E-state index contributed by atoms with van der Waals surface area (Å²) in [5.41, 5.74) is 2.06. The summed E-state index contributed by atoms with van der Waals surface area (Å²) in [4.78, 5) is 21.9. The minimum atomic E-state index is -3.66. The van der Waals surface area contributed by atoms with E-state index in [9.17, 15) is 13.2 Å². The number of piperidine rings is 1. The molecule has 2 aromatic heterocycles. The van der Waals surface area contributed by atoms with Gasteiger partial charge in [-0.15, -0.1) is 0 Å². The molecule has 184 valence electrons. The Balaban J connectivity index is 1.58. The van der Waals surface area contributed by atoms with Crippen LogP contribution in [0.15, 0.2) is 23.4 Å². The molecule has 0 radical (unpaired) electrons. The quantitative estimate of drug-likeness (QED) is 0.639. The first-order chi connectivity index (χ1) is 16.3. The maximum absolute atomic E-state index is 13.5. The van der Waals surface area contributed by atoms with Crippen molar-refractivity contribution in [3.8, 4) is 11.3 Å². The summed E-state index contributed by atoms with van der Waals surface area (Å²) in [6.45, 7) is 9.32. The predicted octanol–water partition coefficient (Wildman–Crippen LogP) is 2.39. The lowest BCUT2D eigenvalue weighted by Crippen LogP contribution is -2.41. The van der Waals surface area contributed by atoms with Crippen molar-refractivity contribution in [1.29, 1.82) is 0 Å². The lowest BCUT2D eigenvalue weighted by atomic mass is 10.0. The highest BCUT2D eigenvalue weighted by atomic mass is 32.2. The van der Waals surface area contributed by atoms with Crippen LogP contribution in [0.2, 0.25) is 0 Å². The molecule has 3 aliphatic rings. The van der Waals surface area contributed by atoms with Gasteiger partial charge >= 0.3 is 0 Å². The molecule has 0 aromatic carbocycles. The topological polar surface area (TPSA) is 97.6 Å². The van der Waals surface area contributed by atoms with Gasteiger partial charge in [0.25, 0.3) is 5.91 Å². The van der Waals surface area contributed by atoms with Crippen LogP contribution in [0, 0.1) is 5.92 Å². The highest BCUT2D eigenvalue weighted by Gasteiger charge is 2.39. The molecule has 1 amide bonds. The number of likely N-dealkylation sites (tertiary alicyclic amines) is 1. The number of morpholine rings is 1. The average molecular weight is 488 g/mol. The maximum atomic E-state index is 13.5. The highest BCUT2D eigenvalue weighted by Crippen LogP contribution is 2.41. The second kappa shape index (κ2) is 9.39. The van der Waals surface area contributed by atoms with Crippen molar-refractivity contribution in [1.82, 2.24) is 24.6 Å². The average Bonchev–Trinajstić information content (AvgIpc) is 3.22. The van der Waals surface area contributed by atoms with E-state index >= 15 is 0 Å². The Labute approximate surface area is 201 Å². The van der Waals surface area contributed by atoms with E-state index in [4.69, 9.17) is 9.84 Å². The Hall–Kier alpha value is -2.30. The van der Waals surface area contributed by atoms with Crippen LogP contribution in [0.3, 0.4) is 0 Å². The summed E-state index contributed by atoms with van der Waals surface area (Å²) >= 11 is 0. The summed E-state index contributed by atoms with van der Waals surface area (Å²) < 4.78 is 33.6. The van der Waals surface area contributed by atoms with Crippen LogP contribution >= 0.6 is 0 Å². The zero-order valence-corrected chi connectivity index (χ0v) is 20.8. The number of carbonyl (C=O) groups is 1. The van der Waals surface area contributed by atoms with Gasteiger partial charge in [-0.2, -0.15) is 5.10 Å². The number of carbonyl (C=O) groups excluding carboxylic acids is 1. The maximum Gasteiger partial charge on any atom is 0.274 e. The molecule has 0 saturated carbocycles. The third kappa shape index (κ3) is 4.38. The normalized spacial score (nSPS) is 22.4. The Kier molecular flexibility index (Phi) is 6.47. The van der Waals surface area contributed by atoms with Crippen LogP contribution in [-0.4, -0.2) is 84.8 Å². The van der Waals surface area contributed by atoms with Gasteiger partial charge in [-0.3, -0.25) is 9.48 Å². The first kappa shape index (κ1) is 23.4. The van der Waals surface area contributed by atoms with E-state index in [2.05, 4.69) is 23.7 Å². The number of hydrogen-bond acceptors (Lipinski definition) is 7. The first-order valence-electron chi connectivity index (χ1n) is 12.2. The highest BCUT2D eigenvalue weighted by molar-refractivity contribution is 7.90. The number of hydrogen-bond donors (Lipinski definition) is 0. The van der Waals surface area contributed by atoms with E-state index in [1.807, 2.05) is 4.68 Å². The summed E-state index contributed by atoms with van der Waals surface area (Å²) in [5, 5.41) is 4.94. The smallest absolute Gasteiger partial charge is 0.274 e. The van der Waals surface area contributed by atoms with Crippen molar-refractivity contribution in [2.75, 3.05) is 45.9 Å². The fraction of sp³-hybridized carbons (Fsp3) is 0.625. The summed E-state index contributed by atoms with van der Waals surface area (Å²) in [5.74, 6) is 0.175. The van der Waals surface area contributed by atoms with Crippen molar-refractivity contribution in [3.05, 3.63) is 29.6 Å². The number of pyridine rings is 1. The number of rotatable bonds is 5. The third-order valence-corrected chi connectivity index (χ3v) is 8.60. The summed E-state index contributed by atoms with van der Waals surface area (Å²) in [7, 11) is -3.66. The molecule has 1 atom stereocenters. The Morgan fingerprint density at radius 1 is 1.24 bits per heavy atom. The number of nitrogens with zero attached hydrogens (tertiary/aromatic N) is 5. The number of fused-ring (bicyclic) bond motifs is 3. The molecule has 10 heteroatoms. The molecule has 2 aromatic rings. The second-order valence-corrected chi connectivity index (χ2v) is 11.8. The van der Waals surface area contributed by atoms with Gasteiger partial charge in [0.2, 0.25) is 9.84 Å². The third-order valence-electron chi connectivity index (χ3n) is 7.01. The van der Waals surface area contributed by atoms with Gasteiger partial charge < -0.3 is 14.5 Å². The lowest BCUT2D eigenvalue weighted by molar-refractivity contribution is 0.0297. The van der Waals surface area contributed by atoms with E-state index in [-0.39, 0.29) is 28.4 Å². The number of amides is 1. The molecule has 2 fully saturated rings. The van der Waals surface area contributed by atoms with E-state index in [0.29, 0.717) is 43.3 Å². The van der Waals surface area contributed by atoms with Crippen LogP contribution in [-0.2, 0) is 20.3 Å². The molecule has 0 N–H and O–H groups in total. The van der Waals surface area contributed by atoms with E-state index in [1.165, 1.54) is 6.20 Å². The molecule has 9 nitrogen and oxygen atoms in total. The van der Waals surface area contributed by atoms with Crippen molar-refractivity contribution in [2.45, 2.75) is 49.9 Å². The molecule has 5 heterocycles. The Morgan fingerprint density at radius 2 is 2.03 bits per heavy atom. The Morgan fingerprint density at radius 3 is 2.79 bits per heavy atom. The minimum Gasteiger partial charge on any atom is -0.378 e. The largest absolute Gasteiger partial charge is 0.378 e. The molecular formula is C24H33N5O4S. The molecule has 2 saturated heterocycles. The molecule has 0 aliphatic carbocycles. The number of aromatic nitrogens is 3. The van der Waals surface area contributed by atoms with Crippen LogP contribution < -0.4 is 0 Å². The fourth-order valence-corrected chi connectivity index (χ4v) is 6.71. The predicted molar refractivity (Wildman–Crippen MR) is 127 cm³/mol. The van der Waals surface area contributed by atoms with E-state index < -0.39 is 9.84 Å². The van der Waals surface area contributed by atoms with Crippen LogP contribution in [0.4, 0.5) is 0 Å². The monoisotopic (exact) mass is 487 g/mol. The Bertz CT molecular complexity index is 1170. The van der Waals surface area contributed by atoms with Gasteiger partial charge in [-0.1, -0.05) is 13.8 Å². The lowest BCUT2D eigenvalue weighted by Gasteiger charge is -2.34. The van der Waals surface area contributed by atoms with Gasteiger partial charge in [-0.05, 0) is 50.4 Å². The van der Waals surface area contributed by atoms with Gasteiger partial charge in [0.05, 0.1) is 30.7 Å². The van der Waals surface area contributed by atoms with Crippen LogP contribution in [0.5, 0.6) is 0 Å². The molecular weight excluding hydrogens is 454 g/mol. The second-order valence-electron chi connectivity index (χ2n) is 9.92. The zero-order valence-electron chi connectivity index (χ0n) is 19.9. The molecule has 0 unspecified atom stereocenters. The van der Waals surface area contributed by atoms with Gasteiger partial charge in [0, 0.05) is 37.0 Å². The van der Waals surface area contributed by atoms with Crippen LogP contribution in [0.25, 0.3) is 11.3 Å². The zero-order chi connectivity index (χ0) is 23.9. The van der Waals surface area contributed by atoms with E-state index in [1.54, 1.807) is 17.0 Å².